The molecule has 0 aliphatic heterocycles. The minimum atomic E-state index is -0.442. The second kappa shape index (κ2) is 2.51. The van der Waals surface area contributed by atoms with Gasteiger partial charge in [-0.05, 0) is 13.0 Å². The normalized spacial score (nSPS) is 10.5. The average molecular weight is 178 g/mol. The third kappa shape index (κ3) is 1.12. The quantitative estimate of drug-likeness (QED) is 0.558. The molecule has 66 valence electrons. The van der Waals surface area contributed by atoms with E-state index >= 15 is 0 Å². The number of nitrogens with one attached hydrogen (secondary N) is 2. The predicted molar refractivity (Wildman–Crippen MR) is 45.5 cm³/mol. The Morgan fingerprint density at radius 3 is 2.62 bits per heavy atom. The largest absolute Gasteiger partial charge is 0.291 e. The smallest absolute Gasteiger partial charge is 0.267 e. The van der Waals surface area contributed by atoms with Crippen LogP contribution in [0.15, 0.2) is 15.7 Å². The second-order valence-electron chi connectivity index (χ2n) is 2.66. The maximum absolute atomic E-state index is 11.2. The summed E-state index contributed by atoms with van der Waals surface area (Å²) in [6, 6.07) is 1.52. The fraction of sp³-hybridized carbons (Fsp3) is 0.143. The summed E-state index contributed by atoms with van der Waals surface area (Å²) in [7, 11) is 0. The van der Waals surface area contributed by atoms with E-state index in [1.807, 2.05) is 0 Å². The van der Waals surface area contributed by atoms with Gasteiger partial charge in [0.05, 0.1) is 11.1 Å². The Bertz CT molecular complexity index is 568. The van der Waals surface area contributed by atoms with Crippen molar-refractivity contribution < 1.29 is 0 Å². The Morgan fingerprint density at radius 1 is 1.15 bits per heavy atom. The topological polar surface area (TPSA) is 91.5 Å². The monoisotopic (exact) mass is 178 g/mol. The molecule has 2 rings (SSSR count). The van der Waals surface area contributed by atoms with E-state index in [9.17, 15) is 9.59 Å². The lowest BCUT2D eigenvalue weighted by Gasteiger charge is -1.93. The molecular weight excluding hydrogens is 172 g/mol. The van der Waals surface area contributed by atoms with Crippen LogP contribution in [0.25, 0.3) is 10.9 Å². The number of hydrogen-bond acceptors (Lipinski definition) is 4. The minimum absolute atomic E-state index is 0.0642. The number of fused-ring (bicyclic) bond motifs is 1. The second-order valence-corrected chi connectivity index (χ2v) is 2.66. The fourth-order valence-corrected chi connectivity index (χ4v) is 1.07. The molecule has 0 aliphatic rings. The van der Waals surface area contributed by atoms with Crippen LogP contribution in [0.5, 0.6) is 0 Å². The van der Waals surface area contributed by atoms with Crippen LogP contribution in [-0.4, -0.2) is 20.4 Å². The van der Waals surface area contributed by atoms with E-state index in [4.69, 9.17) is 0 Å². The van der Waals surface area contributed by atoms with E-state index in [1.165, 1.54) is 6.07 Å². The summed E-state index contributed by atoms with van der Waals surface area (Å²) in [6.45, 7) is 1.70. The highest BCUT2D eigenvalue weighted by molar-refractivity contribution is 5.75. The molecule has 13 heavy (non-hydrogen) atoms. The first-order valence-corrected chi connectivity index (χ1v) is 3.63. The van der Waals surface area contributed by atoms with Gasteiger partial charge in [-0.3, -0.25) is 19.8 Å². The van der Waals surface area contributed by atoms with Gasteiger partial charge in [-0.2, -0.15) is 5.10 Å². The van der Waals surface area contributed by atoms with Gasteiger partial charge in [0.15, 0.2) is 5.52 Å². The summed E-state index contributed by atoms with van der Waals surface area (Å²) >= 11 is 0. The predicted octanol–water partition coefficient (Wildman–Crippen LogP) is -0.685. The molecule has 0 amide bonds. The van der Waals surface area contributed by atoms with Crippen molar-refractivity contribution in [2.75, 3.05) is 0 Å². The molecule has 0 bridgehead atoms. The number of rotatable bonds is 0. The van der Waals surface area contributed by atoms with E-state index in [1.54, 1.807) is 6.92 Å². The molecule has 0 unspecified atom stereocenters. The van der Waals surface area contributed by atoms with Crippen molar-refractivity contribution >= 4 is 10.9 Å². The maximum atomic E-state index is 11.2. The number of aromatic nitrogens is 4. The summed E-state index contributed by atoms with van der Waals surface area (Å²) in [5.41, 5.74) is -0.146. The molecule has 2 heterocycles. The highest BCUT2D eigenvalue weighted by Crippen LogP contribution is 1.99. The third-order valence-corrected chi connectivity index (χ3v) is 1.67. The molecule has 0 fully saturated rings. The Hall–Kier alpha value is -1.98. The van der Waals surface area contributed by atoms with Crippen LogP contribution < -0.4 is 11.1 Å². The van der Waals surface area contributed by atoms with Gasteiger partial charge in [0, 0.05) is 0 Å². The Labute approximate surface area is 71.6 Å². The average Bonchev–Trinajstić information content (AvgIpc) is 2.12. The molecule has 6 nitrogen and oxygen atoms in total. The van der Waals surface area contributed by atoms with E-state index in [-0.39, 0.29) is 16.5 Å². The van der Waals surface area contributed by atoms with Gasteiger partial charge < -0.3 is 0 Å². The summed E-state index contributed by atoms with van der Waals surface area (Å²) in [5.74, 6) is 0. The standard InChI is InChI=1S/C7H6N4O2/c1-3-2-4-5(9-8-3)7(13)11-10-6(4)12/h2H,1H3,(H,10,12)(H,11,13). The zero-order chi connectivity index (χ0) is 9.42. The van der Waals surface area contributed by atoms with Crippen LogP contribution >= 0.6 is 0 Å². The summed E-state index contributed by atoms with van der Waals surface area (Å²) in [4.78, 5) is 22.3. The molecule has 2 N–H and O–H groups in total. The Balaban J connectivity index is 3.10. The fourth-order valence-electron chi connectivity index (χ4n) is 1.07. The molecule has 2 aromatic heterocycles. The van der Waals surface area contributed by atoms with E-state index in [2.05, 4.69) is 20.4 Å². The van der Waals surface area contributed by atoms with Gasteiger partial charge in [0.1, 0.15) is 0 Å². The van der Waals surface area contributed by atoms with Crippen LogP contribution in [-0.2, 0) is 0 Å². The zero-order valence-electron chi connectivity index (χ0n) is 6.79. The first kappa shape index (κ1) is 7.66. The van der Waals surface area contributed by atoms with Gasteiger partial charge in [0.25, 0.3) is 11.1 Å². The molecule has 0 saturated heterocycles. The van der Waals surface area contributed by atoms with Crippen molar-refractivity contribution in [2.24, 2.45) is 0 Å². The summed E-state index contributed by atoms with van der Waals surface area (Å²) in [5, 5.41) is 11.9. The SMILES string of the molecule is Cc1cc2c(=O)[nH][nH]c(=O)c2nn1. The van der Waals surface area contributed by atoms with Gasteiger partial charge in [-0.1, -0.05) is 0 Å². The third-order valence-electron chi connectivity index (χ3n) is 1.67. The number of aryl methyl sites for hydroxylation is 1. The molecule has 0 radical (unpaired) electrons. The van der Waals surface area contributed by atoms with Crippen LogP contribution in [0, 0.1) is 6.92 Å². The summed E-state index contributed by atoms with van der Waals surface area (Å²) < 4.78 is 0. The van der Waals surface area contributed by atoms with Gasteiger partial charge in [-0.15, -0.1) is 5.10 Å². The molecular formula is C7H6N4O2. The van der Waals surface area contributed by atoms with Gasteiger partial charge >= 0.3 is 0 Å². The van der Waals surface area contributed by atoms with E-state index in [0.717, 1.165) is 0 Å². The lowest BCUT2D eigenvalue weighted by Crippen LogP contribution is -2.20. The Kier molecular flexibility index (Phi) is 1.48. The zero-order valence-corrected chi connectivity index (χ0v) is 6.79. The van der Waals surface area contributed by atoms with Crippen LogP contribution in [0.4, 0.5) is 0 Å². The molecule has 0 spiro atoms. The van der Waals surface area contributed by atoms with Gasteiger partial charge in [0.2, 0.25) is 0 Å². The first-order chi connectivity index (χ1) is 6.18. The maximum Gasteiger partial charge on any atom is 0.291 e. The molecule has 2 aromatic rings. The highest BCUT2D eigenvalue weighted by atomic mass is 16.1. The number of hydrogen-bond donors (Lipinski definition) is 2. The number of H-pyrrole nitrogens is 2. The first-order valence-electron chi connectivity index (χ1n) is 3.63. The van der Waals surface area contributed by atoms with Crippen molar-refractivity contribution in [1.82, 2.24) is 20.4 Å². The molecule has 0 atom stereocenters. The van der Waals surface area contributed by atoms with Gasteiger partial charge in [-0.25, -0.2) is 0 Å². The molecule has 0 saturated carbocycles. The van der Waals surface area contributed by atoms with E-state index in [0.29, 0.717) is 5.69 Å². The minimum Gasteiger partial charge on any atom is -0.267 e. The van der Waals surface area contributed by atoms with Crippen LogP contribution in [0.2, 0.25) is 0 Å². The number of nitrogens with zero attached hydrogens (tertiary/aromatic N) is 2. The van der Waals surface area contributed by atoms with E-state index < -0.39 is 5.56 Å². The van der Waals surface area contributed by atoms with Crippen LogP contribution in [0.1, 0.15) is 5.69 Å². The lowest BCUT2D eigenvalue weighted by molar-refractivity contribution is 0.940. The van der Waals surface area contributed by atoms with Crippen molar-refractivity contribution in [3.05, 3.63) is 32.5 Å². The molecule has 0 aromatic carbocycles. The van der Waals surface area contributed by atoms with Crippen LogP contribution in [0.3, 0.4) is 0 Å². The number of aromatic amines is 2. The lowest BCUT2D eigenvalue weighted by atomic mass is 10.3. The van der Waals surface area contributed by atoms with Crippen molar-refractivity contribution in [1.29, 1.82) is 0 Å². The summed E-state index contributed by atoms with van der Waals surface area (Å²) in [6.07, 6.45) is 0. The van der Waals surface area contributed by atoms with Crippen molar-refractivity contribution in [2.45, 2.75) is 6.92 Å². The highest BCUT2D eigenvalue weighted by Gasteiger charge is 2.04. The molecule has 6 heteroatoms. The van der Waals surface area contributed by atoms with Crippen molar-refractivity contribution in [3.8, 4) is 0 Å². The van der Waals surface area contributed by atoms with Crippen molar-refractivity contribution in [3.63, 3.8) is 0 Å². The Morgan fingerprint density at radius 2 is 1.85 bits per heavy atom. The molecule has 0 aliphatic carbocycles.